The van der Waals surface area contributed by atoms with E-state index in [0.717, 1.165) is 47.3 Å². The summed E-state index contributed by atoms with van der Waals surface area (Å²) in [4.78, 5) is 7.71. The van der Waals surface area contributed by atoms with E-state index < -0.39 is 0 Å². The second-order valence-electron chi connectivity index (χ2n) is 9.12. The lowest BCUT2D eigenvalue weighted by molar-refractivity contribution is -0.458. The predicted molar refractivity (Wildman–Crippen MR) is 153 cm³/mol. The van der Waals surface area contributed by atoms with Crippen LogP contribution in [0, 0.1) is 0 Å². The molecule has 0 saturated heterocycles. The van der Waals surface area contributed by atoms with Crippen LogP contribution in [0.3, 0.4) is 0 Å². The molecule has 0 bridgehead atoms. The maximum atomic E-state index is 5.39. The van der Waals surface area contributed by atoms with Crippen molar-refractivity contribution in [2.45, 2.75) is 13.1 Å². The zero-order chi connectivity index (χ0) is 24.9. The number of rotatable bonds is 6. The Labute approximate surface area is 218 Å². The van der Waals surface area contributed by atoms with Crippen LogP contribution in [0.5, 0.6) is 0 Å². The van der Waals surface area contributed by atoms with Gasteiger partial charge in [0.25, 0.3) is 5.84 Å². The van der Waals surface area contributed by atoms with E-state index in [1.165, 1.54) is 11.1 Å². The summed E-state index contributed by atoms with van der Waals surface area (Å²) < 4.78 is 2.33. The van der Waals surface area contributed by atoms with Gasteiger partial charge in [0.15, 0.2) is 0 Å². The van der Waals surface area contributed by atoms with Crippen molar-refractivity contribution in [2.75, 3.05) is 4.90 Å². The van der Waals surface area contributed by atoms with Gasteiger partial charge in [-0.25, -0.2) is 4.58 Å². The Balaban J connectivity index is 1.55. The molecular weight excluding hydrogens is 450 g/mol. The summed E-state index contributed by atoms with van der Waals surface area (Å²) in [5.41, 5.74) is 7.01. The van der Waals surface area contributed by atoms with Crippen molar-refractivity contribution in [3.8, 4) is 0 Å². The minimum Gasteiger partial charge on any atom is -0.301 e. The van der Waals surface area contributed by atoms with Crippen LogP contribution in [0.1, 0.15) is 22.3 Å². The van der Waals surface area contributed by atoms with Crippen LogP contribution in [0.15, 0.2) is 151 Å². The molecule has 3 heteroatoms. The van der Waals surface area contributed by atoms with E-state index in [2.05, 4.69) is 155 Å². The molecule has 0 fully saturated rings. The minimum absolute atomic E-state index is 0.731. The zero-order valence-electron chi connectivity index (χ0n) is 20.6. The molecule has 37 heavy (non-hydrogen) atoms. The van der Waals surface area contributed by atoms with E-state index in [9.17, 15) is 0 Å². The molecule has 0 amide bonds. The van der Waals surface area contributed by atoms with Gasteiger partial charge in [-0.15, -0.1) is 0 Å². The lowest BCUT2D eigenvalue weighted by atomic mass is 10.1. The second-order valence-corrected chi connectivity index (χ2v) is 9.12. The lowest BCUT2D eigenvalue weighted by Crippen LogP contribution is -2.30. The third-order valence-electron chi connectivity index (χ3n) is 6.63. The van der Waals surface area contributed by atoms with E-state index in [-0.39, 0.29) is 0 Å². The van der Waals surface area contributed by atoms with E-state index in [1.807, 2.05) is 0 Å². The van der Waals surface area contributed by atoms with Gasteiger partial charge in [-0.3, -0.25) is 0 Å². The number of fused-ring (bicyclic) bond motifs is 1. The summed E-state index contributed by atoms with van der Waals surface area (Å²) in [6, 6.07) is 50.9. The van der Waals surface area contributed by atoms with Crippen LogP contribution in [-0.2, 0) is 13.1 Å². The Kier molecular flexibility index (Phi) is 6.42. The van der Waals surface area contributed by atoms with Crippen molar-refractivity contribution in [2.24, 2.45) is 4.99 Å². The van der Waals surface area contributed by atoms with Crippen molar-refractivity contribution in [3.05, 3.63) is 168 Å². The third-order valence-corrected chi connectivity index (χ3v) is 6.63. The van der Waals surface area contributed by atoms with E-state index in [4.69, 9.17) is 4.99 Å². The van der Waals surface area contributed by atoms with Crippen LogP contribution in [0.25, 0.3) is 0 Å². The van der Waals surface area contributed by atoms with Gasteiger partial charge in [-0.2, -0.15) is 0 Å². The Morgan fingerprint density at radius 1 is 0.514 bits per heavy atom. The summed E-state index contributed by atoms with van der Waals surface area (Å²) >= 11 is 0. The van der Waals surface area contributed by atoms with Crippen LogP contribution < -0.4 is 4.90 Å². The van der Waals surface area contributed by atoms with Crippen molar-refractivity contribution in [3.63, 3.8) is 0 Å². The molecule has 0 radical (unpaired) electrons. The highest BCUT2D eigenvalue weighted by Crippen LogP contribution is 2.29. The first kappa shape index (κ1) is 22.7. The molecule has 0 spiro atoms. The number of amidine groups is 2. The lowest BCUT2D eigenvalue weighted by Gasteiger charge is -2.22. The average Bonchev–Trinajstić information content (AvgIpc) is 3.36. The standard InChI is InChI=1S/C34H28N3/c1-5-15-27(16-6-1)25-36(29-19-9-3-10-20-29)33-31-23-13-14-24-32(31)34(35-33)37(30-21-11-4-12-22-30)26-28-17-7-2-8-18-28/h1-24H,25-26H2/q+1. The number of hydrogen-bond donors (Lipinski definition) is 0. The average molecular weight is 479 g/mol. The fourth-order valence-electron chi connectivity index (χ4n) is 4.83. The van der Waals surface area contributed by atoms with Gasteiger partial charge in [-0.1, -0.05) is 109 Å². The van der Waals surface area contributed by atoms with Crippen LogP contribution in [0.4, 0.5) is 11.4 Å². The molecule has 178 valence electrons. The Morgan fingerprint density at radius 3 is 1.68 bits per heavy atom. The molecule has 0 unspecified atom stereocenters. The molecule has 5 aromatic carbocycles. The highest BCUT2D eigenvalue weighted by molar-refractivity contribution is 6.25. The number of nitrogens with zero attached hydrogens (tertiary/aromatic N) is 3. The predicted octanol–water partition coefficient (Wildman–Crippen LogP) is 7.44. The maximum Gasteiger partial charge on any atom is 0.334 e. The van der Waals surface area contributed by atoms with Gasteiger partial charge in [0.1, 0.15) is 12.2 Å². The fourth-order valence-corrected chi connectivity index (χ4v) is 4.83. The Bertz CT molecular complexity index is 1540. The van der Waals surface area contributed by atoms with Crippen LogP contribution >= 0.6 is 0 Å². The number of para-hydroxylation sites is 2. The SMILES string of the molecule is c1ccc(CN(C2=NC(=[N+](Cc3ccccc3)c3ccccc3)c3ccccc32)c2ccccc2)cc1. The third kappa shape index (κ3) is 4.85. The van der Waals surface area contributed by atoms with Gasteiger partial charge in [0.05, 0.1) is 17.7 Å². The highest BCUT2D eigenvalue weighted by atomic mass is 15.2. The first-order chi connectivity index (χ1) is 18.4. The summed E-state index contributed by atoms with van der Waals surface area (Å²) in [5.74, 6) is 1.93. The second kappa shape index (κ2) is 10.5. The highest BCUT2D eigenvalue weighted by Gasteiger charge is 2.36. The van der Waals surface area contributed by atoms with Gasteiger partial charge in [0, 0.05) is 5.69 Å². The largest absolute Gasteiger partial charge is 0.334 e. The van der Waals surface area contributed by atoms with Crippen LogP contribution in [0.2, 0.25) is 0 Å². The molecule has 0 N–H and O–H groups in total. The fraction of sp³-hybridized carbons (Fsp3) is 0.0588. The van der Waals surface area contributed by atoms with E-state index >= 15 is 0 Å². The quantitative estimate of drug-likeness (QED) is 0.232. The Hall–Kier alpha value is -4.76. The van der Waals surface area contributed by atoms with E-state index in [0.29, 0.717) is 0 Å². The summed E-state index contributed by atoms with van der Waals surface area (Å²) in [7, 11) is 0. The van der Waals surface area contributed by atoms with Gasteiger partial charge < -0.3 is 4.90 Å². The molecular formula is C34H28N3+. The van der Waals surface area contributed by atoms with Crippen LogP contribution in [-0.4, -0.2) is 16.2 Å². The number of benzene rings is 5. The molecule has 0 saturated carbocycles. The molecule has 5 aromatic rings. The normalized spacial score (nSPS) is 13.6. The van der Waals surface area contributed by atoms with Gasteiger partial charge in [0.2, 0.25) is 0 Å². The summed E-state index contributed by atoms with van der Waals surface area (Å²) in [6.07, 6.45) is 0. The Morgan fingerprint density at radius 2 is 1.03 bits per heavy atom. The zero-order valence-corrected chi connectivity index (χ0v) is 20.6. The van der Waals surface area contributed by atoms with Gasteiger partial charge >= 0.3 is 5.84 Å². The monoisotopic (exact) mass is 478 g/mol. The summed E-state index contributed by atoms with van der Waals surface area (Å²) in [5, 5.41) is 0. The number of aliphatic imine (C=N–C) groups is 1. The first-order valence-corrected chi connectivity index (χ1v) is 12.7. The van der Waals surface area contributed by atoms with Crippen molar-refractivity contribution < 1.29 is 4.58 Å². The first-order valence-electron chi connectivity index (χ1n) is 12.7. The number of anilines is 1. The topological polar surface area (TPSA) is 18.6 Å². The molecule has 1 aliphatic rings. The van der Waals surface area contributed by atoms with Crippen molar-refractivity contribution in [1.82, 2.24) is 0 Å². The molecule has 0 atom stereocenters. The summed E-state index contributed by atoms with van der Waals surface area (Å²) in [6.45, 7) is 1.46. The molecule has 0 aromatic heterocycles. The van der Waals surface area contributed by atoms with E-state index in [1.54, 1.807) is 0 Å². The molecule has 6 rings (SSSR count). The van der Waals surface area contributed by atoms with Crippen molar-refractivity contribution in [1.29, 1.82) is 0 Å². The van der Waals surface area contributed by atoms with Crippen molar-refractivity contribution >= 4 is 23.0 Å². The molecule has 1 aliphatic heterocycles. The number of hydrogen-bond acceptors (Lipinski definition) is 1. The minimum atomic E-state index is 0.731. The molecule has 3 nitrogen and oxygen atoms in total. The maximum absolute atomic E-state index is 5.39. The smallest absolute Gasteiger partial charge is 0.301 e. The molecule has 1 heterocycles. The van der Waals surface area contributed by atoms with Gasteiger partial charge in [-0.05, 0) is 52.5 Å². The molecule has 0 aliphatic carbocycles.